The monoisotopic (exact) mass is 315 g/mol. The number of carbonyl (C=O) groups is 1. The van der Waals surface area contributed by atoms with E-state index < -0.39 is 0 Å². The smallest absolute Gasteiger partial charge is 0.227 e. The van der Waals surface area contributed by atoms with E-state index in [9.17, 15) is 4.79 Å². The summed E-state index contributed by atoms with van der Waals surface area (Å²) in [5.74, 6) is 1.28. The van der Waals surface area contributed by atoms with Gasteiger partial charge in [0, 0.05) is 25.8 Å². The molecule has 1 aromatic carbocycles. The van der Waals surface area contributed by atoms with Gasteiger partial charge in [0.1, 0.15) is 0 Å². The maximum absolute atomic E-state index is 12.3. The fourth-order valence-electron chi connectivity index (χ4n) is 2.70. The molecule has 122 valence electrons. The number of morpholine rings is 1. The third-order valence-corrected chi connectivity index (χ3v) is 3.96. The maximum Gasteiger partial charge on any atom is 0.227 e. The second-order valence-electron chi connectivity index (χ2n) is 5.78. The summed E-state index contributed by atoms with van der Waals surface area (Å²) >= 11 is 0. The summed E-state index contributed by atoms with van der Waals surface area (Å²) in [6.45, 7) is 3.87. The van der Waals surface area contributed by atoms with Crippen LogP contribution in [-0.2, 0) is 22.4 Å². The fourth-order valence-corrected chi connectivity index (χ4v) is 2.70. The zero-order chi connectivity index (χ0) is 16.1. The molecule has 1 aliphatic heterocycles. The molecule has 1 aromatic heterocycles. The van der Waals surface area contributed by atoms with E-state index in [1.165, 1.54) is 0 Å². The van der Waals surface area contributed by atoms with Crippen LogP contribution in [0.5, 0.6) is 0 Å². The summed E-state index contributed by atoms with van der Waals surface area (Å²) in [6.07, 6.45) is 1.50. The van der Waals surface area contributed by atoms with Gasteiger partial charge < -0.3 is 14.2 Å². The molecule has 0 bridgehead atoms. The Bertz CT molecular complexity index is 642. The Morgan fingerprint density at radius 1 is 1.35 bits per heavy atom. The van der Waals surface area contributed by atoms with Crippen LogP contribution in [0.3, 0.4) is 0 Å². The second kappa shape index (κ2) is 7.37. The van der Waals surface area contributed by atoms with Crippen LogP contribution in [0.15, 0.2) is 34.9 Å². The number of carbonyl (C=O) groups excluding carboxylic acids is 1. The minimum absolute atomic E-state index is 0.114. The quantitative estimate of drug-likeness (QED) is 0.842. The van der Waals surface area contributed by atoms with Gasteiger partial charge in [-0.2, -0.15) is 4.98 Å². The van der Waals surface area contributed by atoms with Crippen molar-refractivity contribution >= 4 is 5.91 Å². The van der Waals surface area contributed by atoms with Crippen molar-refractivity contribution in [3.05, 3.63) is 47.6 Å². The summed E-state index contributed by atoms with van der Waals surface area (Å²) in [6, 6.07) is 10.1. The lowest BCUT2D eigenvalue weighted by Gasteiger charge is -2.33. The van der Waals surface area contributed by atoms with Crippen molar-refractivity contribution in [2.75, 3.05) is 19.8 Å². The Morgan fingerprint density at radius 3 is 2.96 bits per heavy atom. The van der Waals surface area contributed by atoms with Gasteiger partial charge in [0.2, 0.25) is 11.8 Å². The molecule has 1 atom stereocenters. The van der Waals surface area contributed by atoms with Gasteiger partial charge in [-0.05, 0) is 12.5 Å². The highest BCUT2D eigenvalue weighted by molar-refractivity contribution is 5.76. The van der Waals surface area contributed by atoms with Crippen LogP contribution in [0.1, 0.15) is 30.6 Å². The standard InChI is InChI=1S/C17H21N3O3/c1-13-12-22-10-9-20(13)17(21)8-7-16-18-15(19-23-16)11-14-5-3-2-4-6-14/h2-6,13H,7-12H2,1H3/t13-/m1/s1. The Morgan fingerprint density at radius 2 is 2.17 bits per heavy atom. The van der Waals surface area contributed by atoms with E-state index >= 15 is 0 Å². The Labute approximate surface area is 135 Å². The van der Waals surface area contributed by atoms with Gasteiger partial charge >= 0.3 is 0 Å². The molecule has 23 heavy (non-hydrogen) atoms. The molecule has 0 saturated carbocycles. The largest absolute Gasteiger partial charge is 0.377 e. The van der Waals surface area contributed by atoms with Gasteiger partial charge in [0.15, 0.2) is 5.82 Å². The van der Waals surface area contributed by atoms with Gasteiger partial charge in [-0.3, -0.25) is 4.79 Å². The molecule has 6 heteroatoms. The zero-order valence-corrected chi connectivity index (χ0v) is 13.3. The van der Waals surface area contributed by atoms with E-state index in [0.29, 0.717) is 50.7 Å². The van der Waals surface area contributed by atoms with Crippen molar-refractivity contribution in [1.82, 2.24) is 15.0 Å². The minimum Gasteiger partial charge on any atom is -0.377 e. The molecular weight excluding hydrogens is 294 g/mol. The highest BCUT2D eigenvalue weighted by atomic mass is 16.5. The number of ether oxygens (including phenoxy) is 1. The van der Waals surface area contributed by atoms with Crippen LogP contribution in [0, 0.1) is 0 Å². The lowest BCUT2D eigenvalue weighted by atomic mass is 10.1. The minimum atomic E-state index is 0.114. The topological polar surface area (TPSA) is 68.5 Å². The molecule has 1 aliphatic rings. The van der Waals surface area contributed by atoms with Gasteiger partial charge in [-0.25, -0.2) is 0 Å². The van der Waals surface area contributed by atoms with Gasteiger partial charge in [0.05, 0.1) is 19.3 Å². The van der Waals surface area contributed by atoms with Crippen molar-refractivity contribution < 1.29 is 14.1 Å². The SMILES string of the molecule is C[C@@H]1COCCN1C(=O)CCc1nc(Cc2ccccc2)no1. The number of rotatable bonds is 5. The maximum atomic E-state index is 12.3. The van der Waals surface area contributed by atoms with E-state index in [-0.39, 0.29) is 11.9 Å². The van der Waals surface area contributed by atoms with E-state index in [1.807, 2.05) is 42.2 Å². The van der Waals surface area contributed by atoms with Crippen LogP contribution < -0.4 is 0 Å². The highest BCUT2D eigenvalue weighted by Crippen LogP contribution is 2.11. The first-order chi connectivity index (χ1) is 11.2. The molecule has 0 radical (unpaired) electrons. The van der Waals surface area contributed by atoms with Crippen LogP contribution >= 0.6 is 0 Å². The number of aromatic nitrogens is 2. The first-order valence-electron chi connectivity index (χ1n) is 7.95. The first-order valence-corrected chi connectivity index (χ1v) is 7.95. The van der Waals surface area contributed by atoms with Gasteiger partial charge in [-0.1, -0.05) is 35.5 Å². The first kappa shape index (κ1) is 15.7. The molecule has 0 aliphatic carbocycles. The number of nitrogens with zero attached hydrogens (tertiary/aromatic N) is 3. The van der Waals surface area contributed by atoms with Crippen molar-refractivity contribution in [1.29, 1.82) is 0 Å². The molecule has 2 heterocycles. The lowest BCUT2D eigenvalue weighted by Crippen LogP contribution is -2.47. The Balaban J connectivity index is 1.52. The third-order valence-electron chi connectivity index (χ3n) is 3.96. The Kier molecular flexibility index (Phi) is 5.02. The molecular formula is C17H21N3O3. The zero-order valence-electron chi connectivity index (χ0n) is 13.3. The molecule has 3 rings (SSSR count). The molecule has 0 unspecified atom stereocenters. The molecule has 2 aromatic rings. The third kappa shape index (κ3) is 4.16. The normalized spacial score (nSPS) is 18.1. The number of hydrogen-bond donors (Lipinski definition) is 0. The van der Waals surface area contributed by atoms with Crippen LogP contribution in [0.2, 0.25) is 0 Å². The predicted octanol–water partition coefficient (Wildman–Crippen LogP) is 1.84. The Hall–Kier alpha value is -2.21. The molecule has 1 fully saturated rings. The number of amides is 1. The van der Waals surface area contributed by atoms with Crippen LogP contribution in [0.4, 0.5) is 0 Å². The van der Waals surface area contributed by atoms with Crippen molar-refractivity contribution in [2.24, 2.45) is 0 Å². The average Bonchev–Trinajstić information content (AvgIpc) is 3.01. The number of hydrogen-bond acceptors (Lipinski definition) is 5. The van der Waals surface area contributed by atoms with Gasteiger partial charge in [-0.15, -0.1) is 0 Å². The van der Waals surface area contributed by atoms with E-state index in [2.05, 4.69) is 10.1 Å². The number of benzene rings is 1. The molecule has 0 spiro atoms. The lowest BCUT2D eigenvalue weighted by molar-refractivity contribution is -0.139. The molecule has 6 nitrogen and oxygen atoms in total. The fraction of sp³-hybridized carbons (Fsp3) is 0.471. The van der Waals surface area contributed by atoms with Crippen LogP contribution in [0.25, 0.3) is 0 Å². The molecule has 1 saturated heterocycles. The summed E-state index contributed by atoms with van der Waals surface area (Å²) in [7, 11) is 0. The molecule has 1 amide bonds. The highest BCUT2D eigenvalue weighted by Gasteiger charge is 2.23. The van der Waals surface area contributed by atoms with Crippen LogP contribution in [-0.4, -0.2) is 46.7 Å². The summed E-state index contributed by atoms with van der Waals surface area (Å²) in [4.78, 5) is 18.5. The summed E-state index contributed by atoms with van der Waals surface area (Å²) in [5.41, 5.74) is 1.14. The van der Waals surface area contributed by atoms with E-state index in [4.69, 9.17) is 9.26 Å². The second-order valence-corrected chi connectivity index (χ2v) is 5.78. The predicted molar refractivity (Wildman–Crippen MR) is 83.9 cm³/mol. The average molecular weight is 315 g/mol. The van der Waals surface area contributed by atoms with Crippen molar-refractivity contribution in [2.45, 2.75) is 32.2 Å². The van der Waals surface area contributed by atoms with E-state index in [1.54, 1.807) is 0 Å². The summed E-state index contributed by atoms with van der Waals surface area (Å²) in [5, 5.41) is 3.99. The van der Waals surface area contributed by atoms with Crippen molar-refractivity contribution in [3.63, 3.8) is 0 Å². The number of aryl methyl sites for hydroxylation is 1. The summed E-state index contributed by atoms with van der Waals surface area (Å²) < 4.78 is 10.6. The van der Waals surface area contributed by atoms with Gasteiger partial charge in [0.25, 0.3) is 0 Å². The van der Waals surface area contributed by atoms with E-state index in [0.717, 1.165) is 5.56 Å². The molecule has 0 N–H and O–H groups in total. The van der Waals surface area contributed by atoms with Crippen molar-refractivity contribution in [3.8, 4) is 0 Å².